The minimum atomic E-state index is -1.54. The lowest BCUT2D eigenvalue weighted by Gasteiger charge is -2.18. The van der Waals surface area contributed by atoms with Crippen molar-refractivity contribution in [1.82, 2.24) is 0 Å². The summed E-state index contributed by atoms with van der Waals surface area (Å²) in [6.45, 7) is 0. The van der Waals surface area contributed by atoms with E-state index in [1.54, 1.807) is 0 Å². The molecule has 1 aliphatic carbocycles. The molecule has 4 aromatic rings. The van der Waals surface area contributed by atoms with Gasteiger partial charge in [-0.1, -0.05) is 103 Å². The summed E-state index contributed by atoms with van der Waals surface area (Å²) in [5.41, 5.74) is 9.55. The second kappa shape index (κ2) is 9.23. The molecule has 0 heterocycles. The van der Waals surface area contributed by atoms with Crippen LogP contribution in [0.2, 0.25) is 0 Å². The van der Waals surface area contributed by atoms with Gasteiger partial charge in [-0.3, -0.25) is 0 Å². The molecule has 32 heavy (non-hydrogen) atoms. The van der Waals surface area contributed by atoms with Crippen molar-refractivity contribution in [1.29, 1.82) is 0 Å². The van der Waals surface area contributed by atoms with Crippen molar-refractivity contribution in [3.63, 3.8) is 0 Å². The molecule has 0 saturated carbocycles. The molecule has 1 atom stereocenters. The number of carboxylic acids is 1. The van der Waals surface area contributed by atoms with Gasteiger partial charge < -0.3 is 15.3 Å². The standard InChI is InChI=1S/C25H18.C3H4O4/c1-3-10-18(11-4-1)20-16-9-17-23-21-14-7-8-15-22(21)24(25(20)23)19-12-5-2-6-13-19;4-1-2(5)3(6)7/h1-17,24H;1,4-5H,(H,6,7). The number of carbonyl (C=O) groups is 1. The number of aliphatic carboxylic acids is 1. The monoisotopic (exact) mass is 422 g/mol. The Hall–Kier alpha value is -4.31. The van der Waals surface area contributed by atoms with Crippen molar-refractivity contribution >= 4 is 5.97 Å². The molecule has 0 radical (unpaired) electrons. The van der Waals surface area contributed by atoms with E-state index in [2.05, 4.69) is 103 Å². The van der Waals surface area contributed by atoms with Gasteiger partial charge in [-0.2, -0.15) is 0 Å². The van der Waals surface area contributed by atoms with Crippen molar-refractivity contribution in [3.8, 4) is 22.3 Å². The minimum absolute atomic E-state index is 0.113. The number of fused-ring (bicyclic) bond motifs is 3. The first-order valence-corrected chi connectivity index (χ1v) is 10.2. The smallest absolute Gasteiger partial charge is 0.374 e. The number of benzene rings is 4. The summed E-state index contributed by atoms with van der Waals surface area (Å²) in [7, 11) is 0. The summed E-state index contributed by atoms with van der Waals surface area (Å²) in [5, 5.41) is 23.4. The van der Waals surface area contributed by atoms with E-state index in [-0.39, 0.29) is 6.26 Å². The van der Waals surface area contributed by atoms with Crippen LogP contribution in [0.15, 0.2) is 115 Å². The van der Waals surface area contributed by atoms with Crippen molar-refractivity contribution < 1.29 is 20.1 Å². The highest BCUT2D eigenvalue weighted by Crippen LogP contribution is 2.51. The zero-order valence-electron chi connectivity index (χ0n) is 17.2. The molecule has 4 nitrogen and oxygen atoms in total. The Morgan fingerprint density at radius 2 is 1.22 bits per heavy atom. The first-order chi connectivity index (χ1) is 15.6. The summed E-state index contributed by atoms with van der Waals surface area (Å²) in [4.78, 5) is 9.45. The molecule has 1 aliphatic rings. The maximum absolute atomic E-state index is 9.45. The molecule has 1 unspecified atom stereocenters. The Bertz CT molecular complexity index is 1260. The second-order valence-corrected chi connectivity index (χ2v) is 7.38. The molecular formula is C28H22O4. The summed E-state index contributed by atoms with van der Waals surface area (Å²) in [6.07, 6.45) is 0.113. The van der Waals surface area contributed by atoms with Crippen molar-refractivity contribution in [2.45, 2.75) is 5.92 Å². The predicted molar refractivity (Wildman–Crippen MR) is 126 cm³/mol. The molecule has 4 heteroatoms. The third-order valence-electron chi connectivity index (χ3n) is 5.52. The highest BCUT2D eigenvalue weighted by atomic mass is 16.4. The van der Waals surface area contributed by atoms with Gasteiger partial charge in [-0.25, -0.2) is 4.79 Å². The van der Waals surface area contributed by atoms with E-state index in [0.717, 1.165) is 0 Å². The fraction of sp³-hybridized carbons (Fsp3) is 0.0357. The van der Waals surface area contributed by atoms with E-state index < -0.39 is 11.7 Å². The van der Waals surface area contributed by atoms with Gasteiger partial charge >= 0.3 is 5.97 Å². The molecule has 0 aromatic heterocycles. The van der Waals surface area contributed by atoms with Gasteiger partial charge in [-0.15, -0.1) is 0 Å². The van der Waals surface area contributed by atoms with Gasteiger partial charge in [0.1, 0.15) is 6.26 Å². The Balaban J connectivity index is 0.000000307. The Kier molecular flexibility index (Phi) is 6.04. The van der Waals surface area contributed by atoms with Gasteiger partial charge in [0.05, 0.1) is 0 Å². The first kappa shape index (κ1) is 20.9. The SMILES string of the molecule is O=C(O)C(O)=CO.c1ccc(-c2cccc3c2C(c2ccccc2)c2ccccc2-3)cc1. The van der Waals surface area contributed by atoms with E-state index >= 15 is 0 Å². The summed E-state index contributed by atoms with van der Waals surface area (Å²) < 4.78 is 0. The van der Waals surface area contributed by atoms with Crippen molar-refractivity contribution in [2.75, 3.05) is 0 Å². The molecule has 5 rings (SSSR count). The van der Waals surface area contributed by atoms with Crippen LogP contribution in [-0.4, -0.2) is 21.3 Å². The lowest BCUT2D eigenvalue weighted by molar-refractivity contribution is -0.135. The quantitative estimate of drug-likeness (QED) is 0.228. The first-order valence-electron chi connectivity index (χ1n) is 10.2. The van der Waals surface area contributed by atoms with Crippen LogP contribution in [0, 0.1) is 0 Å². The topological polar surface area (TPSA) is 77.8 Å². The molecular weight excluding hydrogens is 400 g/mol. The van der Waals surface area contributed by atoms with Crippen LogP contribution in [0.4, 0.5) is 0 Å². The molecule has 0 aliphatic heterocycles. The lowest BCUT2D eigenvalue weighted by Crippen LogP contribution is -2.01. The van der Waals surface area contributed by atoms with Gasteiger partial charge in [0.15, 0.2) is 0 Å². The summed E-state index contributed by atoms with van der Waals surface area (Å²) in [6, 6.07) is 37.2. The summed E-state index contributed by atoms with van der Waals surface area (Å²) >= 11 is 0. The molecule has 158 valence electrons. The average molecular weight is 422 g/mol. The molecule has 0 saturated heterocycles. The third kappa shape index (κ3) is 3.98. The highest BCUT2D eigenvalue weighted by molar-refractivity contribution is 5.88. The molecule has 0 spiro atoms. The molecule has 0 bridgehead atoms. The average Bonchev–Trinajstić information content (AvgIpc) is 3.19. The molecule has 4 aromatic carbocycles. The van der Waals surface area contributed by atoms with Crippen molar-refractivity contribution in [2.24, 2.45) is 0 Å². The highest BCUT2D eigenvalue weighted by Gasteiger charge is 2.31. The summed E-state index contributed by atoms with van der Waals surface area (Å²) in [5.74, 6) is -2.30. The number of aliphatic hydroxyl groups is 2. The predicted octanol–water partition coefficient (Wildman–Crippen LogP) is 6.54. The van der Waals surface area contributed by atoms with Crippen LogP contribution in [0.1, 0.15) is 22.6 Å². The van der Waals surface area contributed by atoms with E-state index in [9.17, 15) is 4.79 Å². The number of hydrogen-bond acceptors (Lipinski definition) is 3. The minimum Gasteiger partial charge on any atom is -0.511 e. The van der Waals surface area contributed by atoms with Crippen LogP contribution < -0.4 is 0 Å². The second-order valence-electron chi connectivity index (χ2n) is 7.38. The number of hydrogen-bond donors (Lipinski definition) is 3. The van der Waals surface area contributed by atoms with Gasteiger partial charge in [0.25, 0.3) is 0 Å². The molecule has 0 fully saturated rings. The van der Waals surface area contributed by atoms with E-state index in [1.807, 2.05) is 0 Å². The Labute approximate surface area is 186 Å². The van der Waals surface area contributed by atoms with E-state index in [1.165, 1.54) is 38.9 Å². The Morgan fingerprint density at radius 3 is 1.84 bits per heavy atom. The van der Waals surface area contributed by atoms with Crippen LogP contribution in [-0.2, 0) is 4.79 Å². The molecule has 3 N–H and O–H groups in total. The third-order valence-corrected chi connectivity index (χ3v) is 5.52. The van der Waals surface area contributed by atoms with Crippen LogP contribution in [0.3, 0.4) is 0 Å². The largest absolute Gasteiger partial charge is 0.511 e. The fourth-order valence-corrected chi connectivity index (χ4v) is 4.18. The van der Waals surface area contributed by atoms with Crippen molar-refractivity contribution in [3.05, 3.63) is 132 Å². The van der Waals surface area contributed by atoms with Crippen LogP contribution in [0.5, 0.6) is 0 Å². The lowest BCUT2D eigenvalue weighted by atomic mass is 9.85. The fourth-order valence-electron chi connectivity index (χ4n) is 4.18. The zero-order valence-corrected chi connectivity index (χ0v) is 17.2. The van der Waals surface area contributed by atoms with Gasteiger partial charge in [0.2, 0.25) is 5.76 Å². The van der Waals surface area contributed by atoms with E-state index in [0.29, 0.717) is 5.92 Å². The van der Waals surface area contributed by atoms with Crippen LogP contribution >= 0.6 is 0 Å². The van der Waals surface area contributed by atoms with Gasteiger partial charge in [0, 0.05) is 5.92 Å². The normalized spacial score (nSPS) is 14.0. The van der Waals surface area contributed by atoms with Crippen LogP contribution in [0.25, 0.3) is 22.3 Å². The maximum Gasteiger partial charge on any atom is 0.374 e. The number of rotatable bonds is 3. The van der Waals surface area contributed by atoms with E-state index in [4.69, 9.17) is 15.3 Å². The van der Waals surface area contributed by atoms with Gasteiger partial charge in [-0.05, 0) is 38.9 Å². The number of carboxylic acid groups (broad SMARTS) is 1. The maximum atomic E-state index is 9.45. The number of aliphatic hydroxyl groups excluding tert-OH is 2. The molecule has 0 amide bonds. The Morgan fingerprint density at radius 1 is 0.656 bits per heavy atom. The zero-order chi connectivity index (χ0) is 22.5.